The topological polar surface area (TPSA) is 137 Å². The van der Waals surface area contributed by atoms with Gasteiger partial charge in [0.2, 0.25) is 0 Å². The average Bonchev–Trinajstić information content (AvgIpc) is 2.98. The van der Waals surface area contributed by atoms with Crippen molar-refractivity contribution in [2.24, 2.45) is 0 Å². The zero-order valence-electron chi connectivity index (χ0n) is 29.0. The molecule has 49 heavy (non-hydrogen) atoms. The van der Waals surface area contributed by atoms with Crippen molar-refractivity contribution in [2.75, 3.05) is 0 Å². The van der Waals surface area contributed by atoms with E-state index in [0.717, 1.165) is 0 Å². The van der Waals surface area contributed by atoms with Crippen molar-refractivity contribution in [1.82, 2.24) is 0 Å². The molecular formula is C33H36O8Y8-8. The monoisotopic (exact) mass is 1270 g/mol. The van der Waals surface area contributed by atoms with Crippen LogP contribution in [0.4, 0.5) is 0 Å². The molecule has 0 fully saturated rings. The van der Waals surface area contributed by atoms with Crippen LogP contribution < -0.4 is 0 Å². The summed E-state index contributed by atoms with van der Waals surface area (Å²) in [6.45, 7) is 9.24. The van der Waals surface area contributed by atoms with Gasteiger partial charge >= 0.3 is 0 Å². The quantitative estimate of drug-likeness (QED) is 0.316. The van der Waals surface area contributed by atoms with Gasteiger partial charge in [0.15, 0.2) is 0 Å². The standard InChI is InChI=1S/C12H10.C7H5O.7C2H3O.8Y/c1-3-7-11(8-4-1)12-9-5-2-6-10-12;8-6-7-4-2-1-3-5-7;7*1-2-3;;;;;;;;/h1-10H;1-5H;7*1H3;;;;;;;;/q;8*-1;;;;;;;;. The molecule has 8 nitrogen and oxygen atoms in total. The summed E-state index contributed by atoms with van der Waals surface area (Å²) in [6.07, 6.45) is 12.3. The van der Waals surface area contributed by atoms with Crippen LogP contribution in [-0.2, 0) is 300 Å². The van der Waals surface area contributed by atoms with Crippen molar-refractivity contribution in [2.45, 2.75) is 48.5 Å². The molecule has 3 aromatic rings. The number of benzene rings is 3. The summed E-state index contributed by atoms with van der Waals surface area (Å²) < 4.78 is 0. The summed E-state index contributed by atoms with van der Waals surface area (Å²) in [5.74, 6) is 0. The first-order chi connectivity index (χ1) is 19.8. The summed E-state index contributed by atoms with van der Waals surface area (Å²) in [5, 5.41) is 0. The molecule has 248 valence electrons. The van der Waals surface area contributed by atoms with E-state index in [4.69, 9.17) is 33.6 Å². The Morgan fingerprint density at radius 3 is 0.551 bits per heavy atom. The van der Waals surface area contributed by atoms with Gasteiger partial charge in [-0.3, -0.25) is 44.0 Å². The van der Waals surface area contributed by atoms with Gasteiger partial charge in [0.25, 0.3) is 0 Å². The van der Waals surface area contributed by atoms with Crippen LogP contribution in [0.2, 0.25) is 0 Å². The van der Waals surface area contributed by atoms with Crippen LogP contribution in [-0.4, -0.2) is 50.3 Å². The van der Waals surface area contributed by atoms with Gasteiger partial charge in [0.05, 0.1) is 6.29 Å². The first-order valence-electron chi connectivity index (χ1n) is 11.4. The van der Waals surface area contributed by atoms with Crippen LogP contribution in [0.3, 0.4) is 0 Å². The van der Waals surface area contributed by atoms with Crippen LogP contribution >= 0.6 is 0 Å². The molecular weight excluding hydrogens is 1240 g/mol. The first kappa shape index (κ1) is 94.1. The fourth-order valence-corrected chi connectivity index (χ4v) is 1.77. The normalized spacial score (nSPS) is 5.61. The first-order valence-corrected chi connectivity index (χ1v) is 11.4. The van der Waals surface area contributed by atoms with E-state index >= 15 is 0 Å². The molecule has 0 atom stereocenters. The van der Waals surface area contributed by atoms with Crippen molar-refractivity contribution in [3.05, 3.63) is 96.6 Å². The number of hydrogen-bond donors (Lipinski definition) is 0. The molecule has 0 aliphatic rings. The van der Waals surface area contributed by atoms with Crippen molar-refractivity contribution < 1.29 is 300 Å². The largest absolute Gasteiger partial charge is 0.542 e. The number of carbonyl (C=O) groups excluding carboxylic acids is 8. The molecule has 0 aromatic heterocycles. The third-order valence-corrected chi connectivity index (χ3v) is 2.77. The van der Waals surface area contributed by atoms with Crippen LogP contribution in [0.25, 0.3) is 11.1 Å². The molecule has 0 spiro atoms. The van der Waals surface area contributed by atoms with Gasteiger partial charge in [0.1, 0.15) is 0 Å². The zero-order valence-corrected chi connectivity index (χ0v) is 51.8. The van der Waals surface area contributed by atoms with E-state index in [1.807, 2.05) is 18.2 Å². The van der Waals surface area contributed by atoms with Gasteiger partial charge in [-0.1, -0.05) is 66.7 Å². The van der Waals surface area contributed by atoms with Gasteiger partial charge in [0, 0.05) is 262 Å². The summed E-state index contributed by atoms with van der Waals surface area (Å²) in [4.78, 5) is 70.6. The van der Waals surface area contributed by atoms with Crippen LogP contribution in [0.5, 0.6) is 0 Å². The van der Waals surface area contributed by atoms with Crippen LogP contribution in [0.1, 0.15) is 54.0 Å². The maximum atomic E-state index is 9.88. The molecule has 0 amide bonds. The van der Waals surface area contributed by atoms with E-state index in [0.29, 0.717) is 5.56 Å². The maximum Gasteiger partial charge on any atom is 0.0627 e. The summed E-state index contributed by atoms with van der Waals surface area (Å²) >= 11 is 0. The molecule has 3 rings (SSSR count). The molecule has 0 N–H and O–H groups in total. The zero-order chi connectivity index (χ0) is 33.0. The molecule has 0 saturated heterocycles. The molecule has 0 bridgehead atoms. The molecule has 0 heterocycles. The number of rotatable bonds is 2. The maximum absolute atomic E-state index is 9.88. The fraction of sp³-hybridized carbons (Fsp3) is 0.212. The van der Waals surface area contributed by atoms with E-state index in [2.05, 4.69) is 48.5 Å². The molecule has 0 aliphatic heterocycles. The van der Waals surface area contributed by atoms with Gasteiger partial charge in [-0.05, 0) is 11.1 Å². The van der Waals surface area contributed by atoms with E-state index in [-0.39, 0.29) is 262 Å². The molecule has 0 saturated carbocycles. The van der Waals surface area contributed by atoms with E-state index in [1.165, 1.54) is 104 Å². The van der Waals surface area contributed by atoms with Crippen molar-refractivity contribution in [3.63, 3.8) is 0 Å². The summed E-state index contributed by atoms with van der Waals surface area (Å²) in [7, 11) is 0. The molecule has 0 unspecified atom stereocenters. The molecule has 8 radical (unpaired) electrons. The van der Waals surface area contributed by atoms with E-state index in [1.54, 1.807) is 30.6 Å². The van der Waals surface area contributed by atoms with E-state index < -0.39 is 0 Å². The second-order valence-corrected chi connectivity index (χ2v) is 5.63. The molecule has 3 aromatic carbocycles. The third-order valence-electron chi connectivity index (χ3n) is 2.77. The minimum Gasteiger partial charge on any atom is -0.542 e. The average molecular weight is 1270 g/mol. The smallest absolute Gasteiger partial charge is 0.0627 e. The fourth-order valence-electron chi connectivity index (χ4n) is 1.77. The SMILES string of the molecule is C[C-]=O.C[C-]=O.C[C-]=O.C[C-]=O.C[C-]=O.C[C-]=O.C[C-]=O.O=[C-]c1ccccc1.[Y].[Y].[Y].[Y].[Y].[Y].[Y].[Y].c1ccc(-c2ccccc2)cc1. The Labute approximate surface area is 495 Å². The molecule has 0 aliphatic carbocycles. The molecule has 16 heteroatoms. The number of hydrogen-bond acceptors (Lipinski definition) is 8. The predicted octanol–water partition coefficient (Wildman–Crippen LogP) is 5.29. The minimum absolute atomic E-state index is 0. The van der Waals surface area contributed by atoms with Crippen molar-refractivity contribution in [3.8, 4) is 11.1 Å². The van der Waals surface area contributed by atoms with Crippen molar-refractivity contribution in [1.29, 1.82) is 0 Å². The Morgan fingerprint density at radius 1 is 0.286 bits per heavy atom. The Morgan fingerprint density at radius 2 is 0.429 bits per heavy atom. The Bertz CT molecular complexity index is 878. The van der Waals surface area contributed by atoms with Crippen LogP contribution in [0.15, 0.2) is 91.0 Å². The van der Waals surface area contributed by atoms with Crippen LogP contribution in [0, 0.1) is 0 Å². The van der Waals surface area contributed by atoms with Gasteiger partial charge in [-0.2, -0.15) is 66.2 Å². The summed E-state index contributed by atoms with van der Waals surface area (Å²) in [6, 6.07) is 29.7. The predicted molar refractivity (Wildman–Crippen MR) is 163 cm³/mol. The second-order valence-electron chi connectivity index (χ2n) is 5.63. The van der Waals surface area contributed by atoms with Gasteiger partial charge in [-0.15, -0.1) is 12.1 Å². The summed E-state index contributed by atoms with van der Waals surface area (Å²) in [5.41, 5.74) is 3.16. The van der Waals surface area contributed by atoms with Gasteiger partial charge < -0.3 is 38.4 Å². The van der Waals surface area contributed by atoms with E-state index in [9.17, 15) is 4.79 Å². The Balaban J connectivity index is -0.0000000248. The van der Waals surface area contributed by atoms with Gasteiger partial charge in [-0.25, -0.2) is 0 Å². The second kappa shape index (κ2) is 104. The Kier molecular flexibility index (Phi) is 200. The van der Waals surface area contributed by atoms with Crippen molar-refractivity contribution >= 4 is 50.3 Å². The minimum atomic E-state index is 0. The third kappa shape index (κ3) is 112. The Hall–Kier alpha value is 3.85.